The van der Waals surface area contributed by atoms with Gasteiger partial charge >= 0.3 is 0 Å². The molecule has 3 N–H and O–H groups in total. The van der Waals surface area contributed by atoms with Crippen molar-refractivity contribution in [2.24, 2.45) is 0 Å². The van der Waals surface area contributed by atoms with Gasteiger partial charge < -0.3 is 15.3 Å². The number of aromatic amines is 1. The first-order valence-electron chi connectivity index (χ1n) is 7.01. The van der Waals surface area contributed by atoms with Crippen LogP contribution in [-0.2, 0) is 0 Å². The number of anilines is 1. The predicted octanol–water partition coefficient (Wildman–Crippen LogP) is 2.02. The molecule has 0 radical (unpaired) electrons. The van der Waals surface area contributed by atoms with Crippen molar-refractivity contribution >= 4 is 17.5 Å². The second-order valence-corrected chi connectivity index (χ2v) is 5.61. The van der Waals surface area contributed by atoms with E-state index in [1.165, 1.54) is 0 Å². The van der Waals surface area contributed by atoms with Gasteiger partial charge in [-0.3, -0.25) is 5.10 Å². The number of hydrogen-bond donors (Lipinski definition) is 3. The van der Waals surface area contributed by atoms with Crippen LogP contribution in [0, 0.1) is 0 Å². The lowest BCUT2D eigenvalue weighted by Gasteiger charge is -2.30. The van der Waals surface area contributed by atoms with Gasteiger partial charge in [0.1, 0.15) is 5.75 Å². The van der Waals surface area contributed by atoms with Crippen LogP contribution in [0.15, 0.2) is 18.2 Å². The van der Waals surface area contributed by atoms with E-state index in [2.05, 4.69) is 25.4 Å². The SMILES string of the molecule is CNC1CCN(c2n[nH]c(-c3cc(O)ccc3Cl)n2)CC1. The molecule has 0 spiro atoms. The summed E-state index contributed by atoms with van der Waals surface area (Å²) in [7, 11) is 2.00. The molecule has 1 fully saturated rings. The van der Waals surface area contributed by atoms with E-state index >= 15 is 0 Å². The van der Waals surface area contributed by atoms with Gasteiger partial charge in [-0.25, -0.2) is 0 Å². The molecule has 0 saturated carbocycles. The predicted molar refractivity (Wildman–Crippen MR) is 82.8 cm³/mol. The molecule has 1 aromatic carbocycles. The van der Waals surface area contributed by atoms with Gasteiger partial charge in [0.15, 0.2) is 5.82 Å². The highest BCUT2D eigenvalue weighted by Crippen LogP contribution is 2.29. The highest BCUT2D eigenvalue weighted by Gasteiger charge is 2.21. The zero-order chi connectivity index (χ0) is 14.8. The maximum absolute atomic E-state index is 9.57. The minimum absolute atomic E-state index is 0.155. The van der Waals surface area contributed by atoms with Crippen molar-refractivity contribution in [1.29, 1.82) is 0 Å². The molecule has 2 heterocycles. The minimum atomic E-state index is 0.155. The Morgan fingerprint density at radius 1 is 1.38 bits per heavy atom. The number of piperidine rings is 1. The second kappa shape index (κ2) is 5.91. The molecule has 1 saturated heterocycles. The number of rotatable bonds is 3. The summed E-state index contributed by atoms with van der Waals surface area (Å²) in [5, 5.41) is 20.6. The summed E-state index contributed by atoms with van der Waals surface area (Å²) in [5.74, 6) is 1.41. The Bertz CT molecular complexity index is 622. The highest BCUT2D eigenvalue weighted by molar-refractivity contribution is 6.33. The summed E-state index contributed by atoms with van der Waals surface area (Å²) in [4.78, 5) is 6.66. The van der Waals surface area contributed by atoms with Gasteiger partial charge in [0.2, 0.25) is 5.95 Å². The molecule has 1 aliphatic rings. The number of phenolic OH excluding ortho intramolecular Hbond substituents is 1. The minimum Gasteiger partial charge on any atom is -0.508 e. The second-order valence-electron chi connectivity index (χ2n) is 5.20. The lowest BCUT2D eigenvalue weighted by molar-refractivity contribution is 0.439. The van der Waals surface area contributed by atoms with E-state index < -0.39 is 0 Å². The van der Waals surface area contributed by atoms with Crippen molar-refractivity contribution in [3.63, 3.8) is 0 Å². The first kappa shape index (κ1) is 14.2. The van der Waals surface area contributed by atoms with Crippen LogP contribution in [0.2, 0.25) is 5.02 Å². The standard InChI is InChI=1S/C14H18ClN5O/c1-16-9-4-6-20(7-5-9)14-17-13(18-19-14)11-8-10(21)2-3-12(11)15/h2-3,8-9,16,21H,4-7H2,1H3,(H,17,18,19). The number of H-pyrrole nitrogens is 1. The van der Waals surface area contributed by atoms with Gasteiger partial charge in [0, 0.05) is 24.7 Å². The third-order valence-corrected chi connectivity index (χ3v) is 4.19. The number of aromatic nitrogens is 3. The summed E-state index contributed by atoms with van der Waals surface area (Å²) < 4.78 is 0. The number of aromatic hydroxyl groups is 1. The molecule has 0 bridgehead atoms. The fourth-order valence-corrected chi connectivity index (χ4v) is 2.78. The average Bonchev–Trinajstić information content (AvgIpc) is 2.99. The van der Waals surface area contributed by atoms with Crippen molar-refractivity contribution in [2.75, 3.05) is 25.0 Å². The molecule has 6 nitrogen and oxygen atoms in total. The Balaban J connectivity index is 1.79. The molecule has 3 rings (SSSR count). The average molecular weight is 308 g/mol. The topological polar surface area (TPSA) is 77.1 Å². The Kier molecular flexibility index (Phi) is 3.98. The fraction of sp³-hybridized carbons (Fsp3) is 0.429. The zero-order valence-corrected chi connectivity index (χ0v) is 12.6. The molecule has 0 aliphatic carbocycles. The quantitative estimate of drug-likeness (QED) is 0.808. The summed E-state index contributed by atoms with van der Waals surface area (Å²) >= 11 is 6.14. The van der Waals surface area contributed by atoms with Crippen LogP contribution in [0.3, 0.4) is 0 Å². The van der Waals surface area contributed by atoms with E-state index in [9.17, 15) is 5.11 Å². The number of phenols is 1. The first-order chi connectivity index (χ1) is 10.2. The third kappa shape index (κ3) is 2.96. The highest BCUT2D eigenvalue weighted by atomic mass is 35.5. The molecule has 2 aromatic rings. The van der Waals surface area contributed by atoms with Crippen molar-refractivity contribution in [1.82, 2.24) is 20.5 Å². The molecule has 0 unspecified atom stereocenters. The smallest absolute Gasteiger partial charge is 0.245 e. The zero-order valence-electron chi connectivity index (χ0n) is 11.8. The number of hydrogen-bond acceptors (Lipinski definition) is 5. The maximum Gasteiger partial charge on any atom is 0.245 e. The third-order valence-electron chi connectivity index (χ3n) is 3.86. The van der Waals surface area contributed by atoms with Gasteiger partial charge in [-0.15, -0.1) is 5.10 Å². The Morgan fingerprint density at radius 3 is 2.86 bits per heavy atom. The number of benzene rings is 1. The molecule has 1 aliphatic heterocycles. The van der Waals surface area contributed by atoms with Crippen LogP contribution >= 0.6 is 11.6 Å². The Morgan fingerprint density at radius 2 is 2.14 bits per heavy atom. The molecule has 0 amide bonds. The lowest BCUT2D eigenvalue weighted by atomic mass is 10.1. The number of nitrogens with zero attached hydrogens (tertiary/aromatic N) is 3. The van der Waals surface area contributed by atoms with Crippen LogP contribution in [0.5, 0.6) is 5.75 Å². The van der Waals surface area contributed by atoms with Crippen LogP contribution < -0.4 is 10.2 Å². The molecular formula is C14H18ClN5O. The molecule has 112 valence electrons. The molecule has 7 heteroatoms. The van der Waals surface area contributed by atoms with Gasteiger partial charge in [0.05, 0.1) is 5.02 Å². The summed E-state index contributed by atoms with van der Waals surface area (Å²) in [5.41, 5.74) is 0.653. The van der Waals surface area contributed by atoms with Crippen molar-refractivity contribution in [2.45, 2.75) is 18.9 Å². The fourth-order valence-electron chi connectivity index (χ4n) is 2.58. The number of nitrogens with one attached hydrogen (secondary N) is 2. The van der Waals surface area contributed by atoms with Crippen molar-refractivity contribution in [3.8, 4) is 17.1 Å². The summed E-state index contributed by atoms with van der Waals surface area (Å²) in [6.45, 7) is 1.85. The van der Waals surface area contributed by atoms with E-state index in [0.29, 0.717) is 28.4 Å². The maximum atomic E-state index is 9.57. The van der Waals surface area contributed by atoms with E-state index in [1.807, 2.05) is 7.05 Å². The van der Waals surface area contributed by atoms with Gasteiger partial charge in [-0.1, -0.05) is 11.6 Å². The van der Waals surface area contributed by atoms with Gasteiger partial charge in [0.25, 0.3) is 0 Å². The van der Waals surface area contributed by atoms with Crippen LogP contribution in [0.25, 0.3) is 11.4 Å². The summed E-state index contributed by atoms with van der Waals surface area (Å²) in [6.07, 6.45) is 2.15. The summed E-state index contributed by atoms with van der Waals surface area (Å²) in [6, 6.07) is 5.35. The van der Waals surface area contributed by atoms with Crippen molar-refractivity contribution in [3.05, 3.63) is 23.2 Å². The normalized spacial score (nSPS) is 16.4. The van der Waals surface area contributed by atoms with Crippen LogP contribution in [-0.4, -0.2) is 46.5 Å². The van der Waals surface area contributed by atoms with Gasteiger partial charge in [-0.2, -0.15) is 4.98 Å². The number of halogens is 1. The largest absolute Gasteiger partial charge is 0.508 e. The van der Waals surface area contributed by atoms with E-state index in [0.717, 1.165) is 25.9 Å². The molecular weight excluding hydrogens is 290 g/mol. The van der Waals surface area contributed by atoms with Gasteiger partial charge in [-0.05, 0) is 38.1 Å². The molecule has 21 heavy (non-hydrogen) atoms. The van der Waals surface area contributed by atoms with Crippen molar-refractivity contribution < 1.29 is 5.11 Å². The lowest BCUT2D eigenvalue weighted by Crippen LogP contribution is -2.41. The van der Waals surface area contributed by atoms with E-state index in [4.69, 9.17) is 11.6 Å². The van der Waals surface area contributed by atoms with E-state index in [-0.39, 0.29) is 5.75 Å². The Labute approximate surface area is 128 Å². The molecule has 1 aromatic heterocycles. The van der Waals surface area contributed by atoms with E-state index in [1.54, 1.807) is 18.2 Å². The van der Waals surface area contributed by atoms with Crippen LogP contribution in [0.4, 0.5) is 5.95 Å². The first-order valence-corrected chi connectivity index (χ1v) is 7.38. The monoisotopic (exact) mass is 307 g/mol. The molecule has 0 atom stereocenters. The van der Waals surface area contributed by atoms with Crippen LogP contribution in [0.1, 0.15) is 12.8 Å². The Hall–Kier alpha value is -1.79.